The summed E-state index contributed by atoms with van der Waals surface area (Å²) in [5.41, 5.74) is 0. The van der Waals surface area contributed by atoms with E-state index in [1.165, 1.54) is 38.5 Å². The molecule has 13 heavy (non-hydrogen) atoms. The van der Waals surface area contributed by atoms with Crippen LogP contribution in [0.4, 0.5) is 0 Å². The monoisotopic (exact) mass is 186 g/mol. The summed E-state index contributed by atoms with van der Waals surface area (Å²) < 4.78 is 11.0. The molecule has 2 heteroatoms. The van der Waals surface area contributed by atoms with Crippen LogP contribution in [0, 0.1) is 0 Å². The van der Waals surface area contributed by atoms with Crippen molar-refractivity contribution in [2.75, 3.05) is 19.8 Å². The average molecular weight is 186 g/mol. The first kappa shape index (κ1) is 11.0. The maximum atomic E-state index is 5.56. The molecule has 0 N–H and O–H groups in total. The normalized spacial score (nSPS) is 17.3. The molecule has 0 amide bonds. The van der Waals surface area contributed by atoms with Crippen molar-refractivity contribution in [3.8, 4) is 0 Å². The molecule has 0 aliphatic heterocycles. The number of unbranched alkanes of at least 4 members (excludes halogenated alkanes) is 2. The smallest absolute Gasteiger partial charge is 0.0704 e. The van der Waals surface area contributed by atoms with Crippen molar-refractivity contribution in [3.05, 3.63) is 0 Å². The van der Waals surface area contributed by atoms with Gasteiger partial charge in [-0.25, -0.2) is 0 Å². The third-order valence-corrected chi connectivity index (χ3v) is 2.53. The van der Waals surface area contributed by atoms with Gasteiger partial charge in [0.1, 0.15) is 0 Å². The van der Waals surface area contributed by atoms with Crippen LogP contribution in [0.5, 0.6) is 0 Å². The fourth-order valence-corrected chi connectivity index (χ4v) is 1.37. The molecule has 0 heterocycles. The second-order valence-corrected chi connectivity index (χ2v) is 3.74. The molecule has 78 valence electrons. The number of ether oxygens (including phenoxy) is 2. The predicted octanol–water partition coefficient (Wildman–Crippen LogP) is 2.76. The molecular formula is C11H22O2. The van der Waals surface area contributed by atoms with Gasteiger partial charge in [-0.1, -0.05) is 19.8 Å². The molecule has 0 atom stereocenters. The van der Waals surface area contributed by atoms with Gasteiger partial charge in [-0.15, -0.1) is 0 Å². The second-order valence-electron chi connectivity index (χ2n) is 3.74. The molecule has 0 spiro atoms. The summed E-state index contributed by atoms with van der Waals surface area (Å²) in [6.07, 6.45) is 8.17. The van der Waals surface area contributed by atoms with Crippen LogP contribution in [0.3, 0.4) is 0 Å². The van der Waals surface area contributed by atoms with Crippen LogP contribution >= 0.6 is 0 Å². The summed E-state index contributed by atoms with van der Waals surface area (Å²) in [6.45, 7) is 4.68. The van der Waals surface area contributed by atoms with E-state index in [4.69, 9.17) is 9.47 Å². The van der Waals surface area contributed by atoms with E-state index in [0.29, 0.717) is 6.10 Å². The Hall–Kier alpha value is -0.0800. The van der Waals surface area contributed by atoms with Gasteiger partial charge in [-0.2, -0.15) is 0 Å². The van der Waals surface area contributed by atoms with Crippen LogP contribution in [0.1, 0.15) is 45.4 Å². The first-order valence-electron chi connectivity index (χ1n) is 5.63. The summed E-state index contributed by atoms with van der Waals surface area (Å²) in [7, 11) is 0. The van der Waals surface area contributed by atoms with E-state index in [1.54, 1.807) is 0 Å². The van der Waals surface area contributed by atoms with E-state index >= 15 is 0 Å². The zero-order chi connectivity index (χ0) is 9.36. The fourth-order valence-electron chi connectivity index (χ4n) is 1.37. The minimum Gasteiger partial charge on any atom is -0.379 e. The van der Waals surface area contributed by atoms with Gasteiger partial charge < -0.3 is 9.47 Å². The highest BCUT2D eigenvalue weighted by molar-refractivity contribution is 4.68. The van der Waals surface area contributed by atoms with Crippen molar-refractivity contribution in [2.45, 2.75) is 51.6 Å². The molecule has 2 nitrogen and oxygen atoms in total. The van der Waals surface area contributed by atoms with E-state index in [0.717, 1.165) is 19.8 Å². The van der Waals surface area contributed by atoms with E-state index in [1.807, 2.05) is 0 Å². The van der Waals surface area contributed by atoms with Crippen molar-refractivity contribution in [1.82, 2.24) is 0 Å². The Balaban J connectivity index is 1.68. The van der Waals surface area contributed by atoms with Gasteiger partial charge >= 0.3 is 0 Å². The lowest BCUT2D eigenvalue weighted by Crippen LogP contribution is -2.23. The number of rotatable bonds is 8. The highest BCUT2D eigenvalue weighted by Crippen LogP contribution is 2.21. The van der Waals surface area contributed by atoms with Crippen LogP contribution < -0.4 is 0 Å². The Labute approximate surface area is 81.6 Å². The van der Waals surface area contributed by atoms with Crippen molar-refractivity contribution in [2.24, 2.45) is 0 Å². The minimum atomic E-state index is 0.555. The molecule has 0 aromatic rings. The van der Waals surface area contributed by atoms with Gasteiger partial charge in [-0.05, 0) is 25.7 Å². The van der Waals surface area contributed by atoms with E-state index < -0.39 is 0 Å². The first-order valence-corrected chi connectivity index (χ1v) is 5.63. The topological polar surface area (TPSA) is 18.5 Å². The van der Waals surface area contributed by atoms with Crippen LogP contribution in [-0.2, 0) is 9.47 Å². The molecular weight excluding hydrogens is 164 g/mol. The Morgan fingerprint density at radius 2 is 1.92 bits per heavy atom. The van der Waals surface area contributed by atoms with Gasteiger partial charge in [0.2, 0.25) is 0 Å². The minimum absolute atomic E-state index is 0.555. The third-order valence-electron chi connectivity index (χ3n) is 2.53. The predicted molar refractivity (Wildman–Crippen MR) is 53.9 cm³/mol. The van der Waals surface area contributed by atoms with Crippen LogP contribution in [0.15, 0.2) is 0 Å². The van der Waals surface area contributed by atoms with Gasteiger partial charge in [0, 0.05) is 6.61 Å². The summed E-state index contributed by atoms with van der Waals surface area (Å²) >= 11 is 0. The number of hydrogen-bond donors (Lipinski definition) is 0. The molecule has 1 aliphatic carbocycles. The highest BCUT2D eigenvalue weighted by atomic mass is 16.5. The van der Waals surface area contributed by atoms with Gasteiger partial charge in [-0.3, -0.25) is 0 Å². The van der Waals surface area contributed by atoms with Crippen LogP contribution in [0.2, 0.25) is 0 Å². The van der Waals surface area contributed by atoms with Gasteiger partial charge in [0.15, 0.2) is 0 Å². The highest BCUT2D eigenvalue weighted by Gasteiger charge is 2.16. The van der Waals surface area contributed by atoms with Crippen molar-refractivity contribution in [3.63, 3.8) is 0 Å². The summed E-state index contributed by atoms with van der Waals surface area (Å²) in [5, 5.41) is 0. The maximum Gasteiger partial charge on any atom is 0.0704 e. The molecule has 1 fully saturated rings. The first-order chi connectivity index (χ1) is 6.43. The molecule has 1 aliphatic rings. The largest absolute Gasteiger partial charge is 0.379 e. The zero-order valence-electron chi connectivity index (χ0n) is 8.76. The lowest BCUT2D eigenvalue weighted by Gasteiger charge is -2.25. The van der Waals surface area contributed by atoms with Gasteiger partial charge in [0.05, 0.1) is 19.3 Å². The molecule has 1 rings (SSSR count). The van der Waals surface area contributed by atoms with Gasteiger partial charge in [0.25, 0.3) is 0 Å². The lowest BCUT2D eigenvalue weighted by atomic mass is 9.96. The van der Waals surface area contributed by atoms with E-state index in [2.05, 4.69) is 6.92 Å². The summed E-state index contributed by atoms with van der Waals surface area (Å²) in [4.78, 5) is 0. The van der Waals surface area contributed by atoms with Crippen molar-refractivity contribution < 1.29 is 9.47 Å². The zero-order valence-corrected chi connectivity index (χ0v) is 8.76. The standard InChI is InChI=1S/C11H22O2/c1-2-3-4-8-12-9-10-13-11-6-5-7-11/h11H,2-10H2,1H3. The Bertz CT molecular complexity index is 111. The molecule has 0 unspecified atom stereocenters. The second kappa shape index (κ2) is 7.34. The average Bonchev–Trinajstić information content (AvgIpc) is 2.07. The lowest BCUT2D eigenvalue weighted by molar-refractivity contribution is -0.0290. The van der Waals surface area contributed by atoms with E-state index in [9.17, 15) is 0 Å². The Morgan fingerprint density at radius 3 is 2.54 bits per heavy atom. The van der Waals surface area contributed by atoms with Crippen molar-refractivity contribution in [1.29, 1.82) is 0 Å². The van der Waals surface area contributed by atoms with Crippen LogP contribution in [0.25, 0.3) is 0 Å². The SMILES string of the molecule is CCCCCOCCOC1CCC1. The molecule has 0 saturated heterocycles. The molecule has 0 aromatic carbocycles. The molecule has 1 saturated carbocycles. The van der Waals surface area contributed by atoms with Crippen molar-refractivity contribution >= 4 is 0 Å². The van der Waals surface area contributed by atoms with Crippen LogP contribution in [-0.4, -0.2) is 25.9 Å². The maximum absolute atomic E-state index is 5.56. The summed E-state index contributed by atoms with van der Waals surface area (Å²) in [5.74, 6) is 0. The molecule has 0 bridgehead atoms. The fraction of sp³-hybridized carbons (Fsp3) is 1.00. The Morgan fingerprint density at radius 1 is 1.08 bits per heavy atom. The molecule has 0 radical (unpaired) electrons. The Kier molecular flexibility index (Phi) is 6.21. The van der Waals surface area contributed by atoms with E-state index in [-0.39, 0.29) is 0 Å². The molecule has 0 aromatic heterocycles. The quantitative estimate of drug-likeness (QED) is 0.543. The number of hydrogen-bond acceptors (Lipinski definition) is 2. The third kappa shape index (κ3) is 5.27. The summed E-state index contributed by atoms with van der Waals surface area (Å²) in [6, 6.07) is 0.